The summed E-state index contributed by atoms with van der Waals surface area (Å²) in [6.07, 6.45) is 1.48. The number of carbonyl (C=O) groups excluding carboxylic acids is 2. The Morgan fingerprint density at radius 2 is 1.94 bits per heavy atom. The van der Waals surface area contributed by atoms with Gasteiger partial charge >= 0.3 is 11.9 Å². The number of hydrogen-bond donors (Lipinski definition) is 2. The van der Waals surface area contributed by atoms with E-state index in [1.54, 1.807) is 49.5 Å². The van der Waals surface area contributed by atoms with Crippen LogP contribution in [0.25, 0.3) is 0 Å². The molecule has 1 aromatic rings. The van der Waals surface area contributed by atoms with Gasteiger partial charge in [0.2, 0.25) is 5.91 Å². The summed E-state index contributed by atoms with van der Waals surface area (Å²) in [7, 11) is 0. The van der Waals surface area contributed by atoms with Crippen LogP contribution in [0.15, 0.2) is 24.3 Å². The van der Waals surface area contributed by atoms with Crippen molar-refractivity contribution >= 4 is 53.0 Å². The fourth-order valence-electron chi connectivity index (χ4n) is 4.09. The molecule has 7 nitrogen and oxygen atoms in total. The average Bonchev–Trinajstić information content (AvgIpc) is 3.38. The summed E-state index contributed by atoms with van der Waals surface area (Å²) in [5, 5.41) is 13.5. The first kappa shape index (κ1) is 25.2. The second kappa shape index (κ2) is 11.1. The number of aryl methyl sites for hydroxylation is 1. The van der Waals surface area contributed by atoms with E-state index in [0.29, 0.717) is 30.8 Å². The largest absolute Gasteiger partial charge is 0.480 e. The molecule has 3 rings (SSSR count). The van der Waals surface area contributed by atoms with Crippen LogP contribution >= 0.6 is 35.1 Å². The van der Waals surface area contributed by atoms with Crippen LogP contribution in [0.1, 0.15) is 32.3 Å². The number of likely N-dealkylation sites (tertiary alicyclic amines) is 1. The van der Waals surface area contributed by atoms with Crippen molar-refractivity contribution in [1.29, 1.82) is 0 Å². The maximum Gasteiger partial charge on any atom is 0.326 e. The highest BCUT2D eigenvalue weighted by Gasteiger charge is 2.52. The first-order valence-corrected chi connectivity index (χ1v) is 13.1. The van der Waals surface area contributed by atoms with Crippen LogP contribution in [0.4, 0.5) is 0 Å². The van der Waals surface area contributed by atoms with Crippen molar-refractivity contribution in [2.45, 2.75) is 55.3 Å². The van der Waals surface area contributed by atoms with Gasteiger partial charge in [0.05, 0.1) is 16.7 Å². The summed E-state index contributed by atoms with van der Waals surface area (Å²) in [6.45, 7) is 4.06. The van der Waals surface area contributed by atoms with E-state index in [1.165, 1.54) is 4.90 Å². The molecule has 2 N–H and O–H groups in total. The molecule has 176 valence electrons. The SMILES string of the molecule is CCOC(=O)C(CCc1ccc(Cl)cc1)N[C@@H](C)C(=O)N1CC2(C[C@H]1C(=O)O)SCCS2. The minimum absolute atomic E-state index is 0.241. The molecule has 0 bridgehead atoms. The van der Waals surface area contributed by atoms with Crippen LogP contribution in [0.5, 0.6) is 0 Å². The minimum atomic E-state index is -0.986. The number of benzene rings is 1. The number of amides is 1. The first-order valence-electron chi connectivity index (χ1n) is 10.7. The Hall–Kier alpha value is -1.42. The molecular formula is C22H29ClN2O5S2. The van der Waals surface area contributed by atoms with Gasteiger partial charge < -0.3 is 14.7 Å². The van der Waals surface area contributed by atoms with Gasteiger partial charge in [0.1, 0.15) is 12.1 Å². The second-order valence-electron chi connectivity index (χ2n) is 7.99. The number of carboxylic acid groups (broad SMARTS) is 1. The predicted molar refractivity (Wildman–Crippen MR) is 128 cm³/mol. The Morgan fingerprint density at radius 1 is 1.28 bits per heavy atom. The van der Waals surface area contributed by atoms with Crippen molar-refractivity contribution in [3.05, 3.63) is 34.9 Å². The molecule has 3 atom stereocenters. The first-order chi connectivity index (χ1) is 15.2. The van der Waals surface area contributed by atoms with Gasteiger partial charge in [-0.2, -0.15) is 0 Å². The van der Waals surface area contributed by atoms with Gasteiger partial charge in [-0.25, -0.2) is 4.79 Å². The van der Waals surface area contributed by atoms with Crippen LogP contribution in [-0.2, 0) is 25.5 Å². The van der Waals surface area contributed by atoms with Gasteiger partial charge in [-0.1, -0.05) is 23.7 Å². The van der Waals surface area contributed by atoms with Crippen molar-refractivity contribution in [3.8, 4) is 0 Å². The number of aliphatic carboxylic acids is 1. The number of rotatable bonds is 9. The molecule has 2 fully saturated rings. The van der Waals surface area contributed by atoms with Crippen molar-refractivity contribution < 1.29 is 24.2 Å². The van der Waals surface area contributed by atoms with Crippen molar-refractivity contribution in [1.82, 2.24) is 10.2 Å². The highest BCUT2D eigenvalue weighted by molar-refractivity contribution is 8.21. The molecule has 2 aliphatic rings. The molecule has 0 radical (unpaired) electrons. The quantitative estimate of drug-likeness (QED) is 0.499. The minimum Gasteiger partial charge on any atom is -0.480 e. The Morgan fingerprint density at radius 3 is 2.53 bits per heavy atom. The van der Waals surface area contributed by atoms with E-state index in [2.05, 4.69) is 5.32 Å². The predicted octanol–water partition coefficient (Wildman–Crippen LogP) is 3.04. The zero-order chi connectivity index (χ0) is 23.3. The fourth-order valence-corrected chi connectivity index (χ4v) is 7.48. The number of halogens is 1. The molecule has 1 spiro atoms. The van der Waals surface area contributed by atoms with E-state index < -0.39 is 30.1 Å². The van der Waals surface area contributed by atoms with Crippen molar-refractivity contribution in [3.63, 3.8) is 0 Å². The Labute approximate surface area is 202 Å². The number of carboxylic acids is 1. The lowest BCUT2D eigenvalue weighted by atomic mass is 10.0. The molecule has 10 heteroatoms. The Balaban J connectivity index is 1.67. The monoisotopic (exact) mass is 500 g/mol. The third kappa shape index (κ3) is 6.12. The molecule has 0 saturated carbocycles. The van der Waals surface area contributed by atoms with Gasteiger partial charge in [0, 0.05) is 29.5 Å². The van der Waals surface area contributed by atoms with Crippen LogP contribution in [0.2, 0.25) is 5.02 Å². The summed E-state index contributed by atoms with van der Waals surface area (Å²) in [5.41, 5.74) is 1.02. The van der Waals surface area contributed by atoms with Gasteiger partial charge in [-0.15, -0.1) is 23.5 Å². The lowest BCUT2D eigenvalue weighted by molar-refractivity contribution is -0.150. The Bertz CT molecular complexity index is 832. The summed E-state index contributed by atoms with van der Waals surface area (Å²) < 4.78 is 4.96. The number of hydrogen-bond acceptors (Lipinski definition) is 7. The lowest BCUT2D eigenvalue weighted by Gasteiger charge is -2.28. The third-order valence-electron chi connectivity index (χ3n) is 5.70. The molecule has 0 aliphatic carbocycles. The van der Waals surface area contributed by atoms with Crippen LogP contribution in [-0.4, -0.2) is 74.7 Å². The van der Waals surface area contributed by atoms with Gasteiger partial charge in [0.15, 0.2) is 0 Å². The highest BCUT2D eigenvalue weighted by atomic mass is 35.5. The normalized spacial score (nSPS) is 21.5. The van der Waals surface area contributed by atoms with E-state index in [0.717, 1.165) is 17.1 Å². The molecule has 0 aromatic heterocycles. The molecule has 1 aromatic carbocycles. The molecule has 32 heavy (non-hydrogen) atoms. The van der Waals surface area contributed by atoms with Crippen molar-refractivity contribution in [2.75, 3.05) is 24.7 Å². The van der Waals surface area contributed by atoms with E-state index in [9.17, 15) is 19.5 Å². The van der Waals surface area contributed by atoms with Crippen LogP contribution in [0, 0.1) is 0 Å². The number of nitrogens with one attached hydrogen (secondary N) is 1. The second-order valence-corrected chi connectivity index (χ2v) is 11.6. The molecule has 2 saturated heterocycles. The van der Waals surface area contributed by atoms with Gasteiger partial charge in [0.25, 0.3) is 0 Å². The molecule has 1 amide bonds. The number of nitrogens with zero attached hydrogens (tertiary/aromatic N) is 1. The van der Waals surface area contributed by atoms with Crippen molar-refractivity contribution in [2.24, 2.45) is 0 Å². The van der Waals surface area contributed by atoms with Crippen LogP contribution < -0.4 is 5.32 Å². The average molecular weight is 501 g/mol. The number of thioether (sulfide) groups is 2. The smallest absolute Gasteiger partial charge is 0.326 e. The summed E-state index contributed by atoms with van der Waals surface area (Å²) in [4.78, 5) is 39.1. The van der Waals surface area contributed by atoms with Gasteiger partial charge in [-0.05, 0) is 44.4 Å². The summed E-state index contributed by atoms with van der Waals surface area (Å²) >= 11 is 9.42. The van der Waals surface area contributed by atoms with Gasteiger partial charge in [-0.3, -0.25) is 14.9 Å². The van der Waals surface area contributed by atoms with E-state index >= 15 is 0 Å². The fraction of sp³-hybridized carbons (Fsp3) is 0.591. The zero-order valence-corrected chi connectivity index (χ0v) is 20.6. The molecule has 2 aliphatic heterocycles. The van der Waals surface area contributed by atoms with E-state index in [4.69, 9.17) is 16.3 Å². The highest BCUT2D eigenvalue weighted by Crippen LogP contribution is 2.51. The van der Waals surface area contributed by atoms with Crippen LogP contribution in [0.3, 0.4) is 0 Å². The molecular weight excluding hydrogens is 472 g/mol. The number of ether oxygens (including phenoxy) is 1. The standard InChI is InChI=1S/C22H29ClN2O5S2/c1-3-30-21(29)17(9-6-15-4-7-16(23)8-5-15)24-14(2)19(26)25-13-22(31-10-11-32-22)12-18(25)20(27)28/h4-5,7-8,14,17-18,24H,3,6,9-13H2,1-2H3,(H,27,28)/t14-,17?,18-/m0/s1. The third-order valence-corrected chi connectivity index (χ3v) is 9.38. The zero-order valence-electron chi connectivity index (χ0n) is 18.2. The molecule has 1 unspecified atom stereocenters. The Kier molecular flexibility index (Phi) is 8.77. The topological polar surface area (TPSA) is 95.9 Å². The maximum atomic E-state index is 13.2. The van der Waals surface area contributed by atoms with E-state index in [1.807, 2.05) is 12.1 Å². The summed E-state index contributed by atoms with van der Waals surface area (Å²) in [6, 6.07) is 5.14. The number of carbonyl (C=O) groups is 3. The van der Waals surface area contributed by atoms with E-state index in [-0.39, 0.29) is 16.6 Å². The lowest BCUT2D eigenvalue weighted by Crippen LogP contribution is -2.53. The number of esters is 1. The summed E-state index contributed by atoms with van der Waals surface area (Å²) in [5.74, 6) is 0.212. The maximum absolute atomic E-state index is 13.2. The molecule has 2 heterocycles.